The van der Waals surface area contributed by atoms with Crippen LogP contribution in [0.5, 0.6) is 5.75 Å². The molecule has 2 fully saturated rings. The Hall–Kier alpha value is -3.89. The molecule has 10 heteroatoms. The van der Waals surface area contributed by atoms with Gasteiger partial charge in [-0.15, -0.1) is 0 Å². The first-order chi connectivity index (χ1) is 18.4. The number of carboxylic acids is 1. The third-order valence-electron chi connectivity index (χ3n) is 7.79. The maximum Gasteiger partial charge on any atom is 0.335 e. The molecule has 0 saturated carbocycles. The Morgan fingerprint density at radius 2 is 1.87 bits per heavy atom. The normalized spacial score (nSPS) is 19.7. The van der Waals surface area contributed by atoms with Crippen LogP contribution in [0, 0.1) is 0 Å². The van der Waals surface area contributed by atoms with Crippen LogP contribution in [0.2, 0.25) is 0 Å². The van der Waals surface area contributed by atoms with E-state index in [-0.39, 0.29) is 17.5 Å². The lowest BCUT2D eigenvalue weighted by Crippen LogP contribution is -2.56. The highest BCUT2D eigenvalue weighted by atomic mass is 16.5. The minimum atomic E-state index is -0.969. The van der Waals surface area contributed by atoms with E-state index < -0.39 is 11.9 Å². The third kappa shape index (κ3) is 4.29. The quantitative estimate of drug-likeness (QED) is 0.513. The topological polar surface area (TPSA) is 105 Å². The monoisotopic (exact) mass is 518 g/mol. The van der Waals surface area contributed by atoms with Crippen molar-refractivity contribution in [3.63, 3.8) is 0 Å². The van der Waals surface area contributed by atoms with Crippen molar-refractivity contribution in [2.75, 3.05) is 53.0 Å². The van der Waals surface area contributed by atoms with E-state index in [1.165, 1.54) is 11.9 Å². The van der Waals surface area contributed by atoms with Gasteiger partial charge in [0.2, 0.25) is 5.91 Å². The number of hydrogen-bond donors (Lipinski definition) is 1. The Labute approximate surface area is 219 Å². The number of imide groups is 1. The number of ether oxygens (including phenoxy) is 2. The summed E-state index contributed by atoms with van der Waals surface area (Å²) in [7, 11) is 1.54. The zero-order valence-corrected chi connectivity index (χ0v) is 21.3. The van der Waals surface area contributed by atoms with Gasteiger partial charge >= 0.3 is 12.0 Å². The summed E-state index contributed by atoms with van der Waals surface area (Å²) >= 11 is 0. The van der Waals surface area contributed by atoms with E-state index >= 15 is 0 Å². The summed E-state index contributed by atoms with van der Waals surface area (Å²) in [5, 5.41) is 10.2. The number of hydrogen-bond acceptors (Lipinski definition) is 6. The zero-order valence-electron chi connectivity index (χ0n) is 21.3. The average Bonchev–Trinajstić information content (AvgIpc) is 3.24. The van der Waals surface area contributed by atoms with Crippen molar-refractivity contribution in [2.24, 2.45) is 0 Å². The fraction of sp³-hybridized carbons (Fsp3) is 0.393. The molecule has 1 aromatic heterocycles. The molecule has 198 valence electrons. The Kier molecular flexibility index (Phi) is 6.29. The Bertz CT molecular complexity index is 1410. The van der Waals surface area contributed by atoms with Crippen molar-refractivity contribution in [3.05, 3.63) is 64.8 Å². The molecule has 3 aliphatic heterocycles. The lowest BCUT2D eigenvalue weighted by molar-refractivity contribution is -0.132. The number of urea groups is 1. The molecule has 2 aromatic carbocycles. The van der Waals surface area contributed by atoms with Crippen molar-refractivity contribution in [2.45, 2.75) is 19.0 Å². The molecule has 10 nitrogen and oxygen atoms in total. The molecule has 3 aliphatic rings. The smallest absolute Gasteiger partial charge is 0.335 e. The van der Waals surface area contributed by atoms with Gasteiger partial charge in [-0.2, -0.15) is 0 Å². The fourth-order valence-corrected chi connectivity index (χ4v) is 5.74. The molecule has 3 amide bonds. The van der Waals surface area contributed by atoms with Crippen LogP contribution in [0.4, 0.5) is 4.79 Å². The number of amides is 3. The minimum Gasteiger partial charge on any atom is -0.492 e. The first-order valence-electron chi connectivity index (χ1n) is 12.9. The second-order valence-electron chi connectivity index (χ2n) is 10.0. The van der Waals surface area contributed by atoms with E-state index in [0.717, 1.165) is 66.3 Å². The molecule has 2 bridgehead atoms. The third-order valence-corrected chi connectivity index (χ3v) is 7.79. The summed E-state index contributed by atoms with van der Waals surface area (Å²) in [6.07, 6.45) is 0. The molecule has 0 unspecified atom stereocenters. The molecular formula is C28H30N4O6. The number of rotatable bonds is 7. The number of nitrogens with zero attached hydrogens (tertiary/aromatic N) is 4. The highest BCUT2D eigenvalue weighted by molar-refractivity contribution is 6.04. The fourth-order valence-electron chi connectivity index (χ4n) is 5.74. The summed E-state index contributed by atoms with van der Waals surface area (Å²) in [5.41, 5.74) is 3.99. The van der Waals surface area contributed by atoms with Gasteiger partial charge in [-0.1, -0.05) is 12.1 Å². The molecule has 3 aromatic rings. The van der Waals surface area contributed by atoms with Crippen LogP contribution in [0.25, 0.3) is 10.9 Å². The van der Waals surface area contributed by atoms with E-state index in [4.69, 9.17) is 9.47 Å². The van der Waals surface area contributed by atoms with Crippen LogP contribution in [0.15, 0.2) is 42.5 Å². The van der Waals surface area contributed by atoms with E-state index in [1.807, 2.05) is 18.2 Å². The number of aromatic carboxylic acids is 1. The molecule has 6 rings (SSSR count). The zero-order chi connectivity index (χ0) is 26.4. The van der Waals surface area contributed by atoms with Gasteiger partial charge in [0, 0.05) is 56.4 Å². The maximum atomic E-state index is 13.2. The van der Waals surface area contributed by atoms with Crippen LogP contribution in [0.1, 0.15) is 33.1 Å². The van der Waals surface area contributed by atoms with Crippen molar-refractivity contribution in [1.82, 2.24) is 19.3 Å². The maximum absolute atomic E-state index is 13.2. The highest BCUT2D eigenvalue weighted by Crippen LogP contribution is 2.41. The predicted octanol–water partition coefficient (Wildman–Crippen LogP) is 2.59. The van der Waals surface area contributed by atoms with Gasteiger partial charge in [0.15, 0.2) is 0 Å². The lowest BCUT2D eigenvalue weighted by Gasteiger charge is -2.41. The lowest BCUT2D eigenvalue weighted by atomic mass is 9.89. The molecule has 1 atom stereocenters. The molecule has 1 N–H and O–H groups in total. The first-order valence-corrected chi connectivity index (χ1v) is 12.9. The molecule has 0 aliphatic carbocycles. The van der Waals surface area contributed by atoms with Gasteiger partial charge in [-0.3, -0.25) is 14.6 Å². The molecule has 0 radical (unpaired) electrons. The molecule has 4 heterocycles. The average molecular weight is 519 g/mol. The molecular weight excluding hydrogens is 488 g/mol. The van der Waals surface area contributed by atoms with Gasteiger partial charge in [-0.25, -0.2) is 9.59 Å². The van der Waals surface area contributed by atoms with Crippen molar-refractivity contribution >= 4 is 28.8 Å². The first kappa shape index (κ1) is 24.4. The number of fused-ring (bicyclic) bond motifs is 6. The minimum absolute atomic E-state index is 0.198. The van der Waals surface area contributed by atoms with Gasteiger partial charge in [0.25, 0.3) is 0 Å². The SMILES string of the molecule is CN1C(=O)[C@H]2CN(Cc3c2c2cc(OCCN4CCOCC4)ccc2n3Cc2ccc(C(=O)O)cc2)C1=O. The summed E-state index contributed by atoms with van der Waals surface area (Å²) in [5.74, 6) is -0.867. The number of morpholine rings is 1. The predicted molar refractivity (Wildman–Crippen MR) is 139 cm³/mol. The summed E-state index contributed by atoms with van der Waals surface area (Å²) < 4.78 is 13.7. The van der Waals surface area contributed by atoms with E-state index in [0.29, 0.717) is 26.2 Å². The number of carbonyl (C=O) groups is 3. The van der Waals surface area contributed by atoms with Gasteiger partial charge in [-0.05, 0) is 41.5 Å². The van der Waals surface area contributed by atoms with Crippen molar-refractivity contribution < 1.29 is 29.0 Å². The molecule has 38 heavy (non-hydrogen) atoms. The summed E-state index contributed by atoms with van der Waals surface area (Å²) in [4.78, 5) is 42.5. The second-order valence-corrected chi connectivity index (χ2v) is 10.0. The van der Waals surface area contributed by atoms with Crippen molar-refractivity contribution in [3.8, 4) is 5.75 Å². The van der Waals surface area contributed by atoms with Crippen LogP contribution < -0.4 is 4.74 Å². The van der Waals surface area contributed by atoms with Crippen LogP contribution in [-0.2, 0) is 22.6 Å². The van der Waals surface area contributed by atoms with E-state index in [2.05, 4.69) is 9.47 Å². The second kappa shape index (κ2) is 9.77. The highest BCUT2D eigenvalue weighted by Gasteiger charge is 2.44. The summed E-state index contributed by atoms with van der Waals surface area (Å²) in [6.45, 7) is 5.91. The Morgan fingerprint density at radius 1 is 1.11 bits per heavy atom. The largest absolute Gasteiger partial charge is 0.492 e. The van der Waals surface area contributed by atoms with E-state index in [9.17, 15) is 19.5 Å². The Balaban J connectivity index is 1.36. The molecule has 2 saturated heterocycles. The van der Waals surface area contributed by atoms with Crippen LogP contribution in [0.3, 0.4) is 0 Å². The van der Waals surface area contributed by atoms with Crippen LogP contribution in [-0.4, -0.2) is 95.3 Å². The van der Waals surface area contributed by atoms with Gasteiger partial charge in [0.05, 0.1) is 31.2 Å². The van der Waals surface area contributed by atoms with Gasteiger partial charge < -0.3 is 24.0 Å². The van der Waals surface area contributed by atoms with Crippen LogP contribution >= 0.6 is 0 Å². The number of carboxylic acid groups (broad SMARTS) is 1. The van der Waals surface area contributed by atoms with E-state index in [1.54, 1.807) is 29.2 Å². The number of carbonyl (C=O) groups excluding carboxylic acids is 2. The van der Waals surface area contributed by atoms with Gasteiger partial charge in [0.1, 0.15) is 12.4 Å². The molecule has 0 spiro atoms. The standard InChI is InChI=1S/C28H30N4O6/c1-29-26(33)22-16-31(28(29)36)17-24-25(22)21-14-20(38-13-10-30-8-11-37-12-9-30)6-7-23(21)32(24)15-18-2-4-19(5-3-18)27(34)35/h2-7,14,22H,8-13,15-17H2,1H3,(H,34,35)/t22-/m0/s1. The number of benzene rings is 2. The number of likely N-dealkylation sites (N-methyl/N-ethyl adjacent to an activating group) is 1. The van der Waals surface area contributed by atoms with Crippen molar-refractivity contribution in [1.29, 1.82) is 0 Å². The number of aromatic nitrogens is 1. The summed E-state index contributed by atoms with van der Waals surface area (Å²) in [6, 6.07) is 12.5. The Morgan fingerprint density at radius 3 is 2.61 bits per heavy atom.